The summed E-state index contributed by atoms with van der Waals surface area (Å²) < 4.78 is 1.32. The fraction of sp³-hybridized carbons (Fsp3) is 0.500. The van der Waals surface area contributed by atoms with E-state index in [9.17, 15) is 9.59 Å². The highest BCUT2D eigenvalue weighted by atomic mass is 16.4. The topological polar surface area (TPSA) is 75.4 Å². The summed E-state index contributed by atoms with van der Waals surface area (Å²) >= 11 is 0. The molecule has 0 saturated carbocycles. The second-order valence-corrected chi connectivity index (χ2v) is 3.84. The molecule has 6 nitrogen and oxygen atoms in total. The lowest BCUT2D eigenvalue weighted by Gasteiger charge is -2.14. The summed E-state index contributed by atoms with van der Waals surface area (Å²) in [5.74, 6) is -1.25. The third-order valence-corrected chi connectivity index (χ3v) is 2.71. The lowest BCUT2D eigenvalue weighted by Crippen LogP contribution is -2.29. The van der Waals surface area contributed by atoms with E-state index < -0.39 is 5.97 Å². The number of carboxylic acid groups (broad SMARTS) is 1. The normalized spacial score (nSPS) is 15.4. The van der Waals surface area contributed by atoms with Crippen molar-refractivity contribution in [1.29, 1.82) is 0 Å². The van der Waals surface area contributed by atoms with Crippen LogP contribution in [0.25, 0.3) is 0 Å². The van der Waals surface area contributed by atoms with E-state index in [4.69, 9.17) is 5.11 Å². The summed E-state index contributed by atoms with van der Waals surface area (Å²) in [6, 6.07) is 1.32. The molecule has 0 radical (unpaired) electrons. The first kappa shape index (κ1) is 10.7. The number of nitrogens with zero attached hydrogens (tertiary/aromatic N) is 3. The van der Waals surface area contributed by atoms with Gasteiger partial charge in [-0.3, -0.25) is 9.48 Å². The van der Waals surface area contributed by atoms with E-state index in [1.165, 1.54) is 10.7 Å². The maximum absolute atomic E-state index is 12.0. The van der Waals surface area contributed by atoms with Crippen LogP contribution in [0.2, 0.25) is 0 Å². The standard InChI is InChI=1S/C10H13N3O3/c1-12-8(6-7(11-12)10(15)16)9(14)13-4-2-3-5-13/h6H,2-5H2,1H3,(H,15,16). The minimum absolute atomic E-state index is 0.0925. The number of hydrogen-bond donors (Lipinski definition) is 1. The molecule has 2 heterocycles. The van der Waals surface area contributed by atoms with Crippen molar-refractivity contribution in [1.82, 2.24) is 14.7 Å². The van der Waals surface area contributed by atoms with Crippen LogP contribution in [-0.2, 0) is 7.05 Å². The van der Waals surface area contributed by atoms with Crippen LogP contribution < -0.4 is 0 Å². The van der Waals surface area contributed by atoms with Crippen LogP contribution in [0.5, 0.6) is 0 Å². The number of likely N-dealkylation sites (tertiary alicyclic amines) is 1. The Morgan fingerprint density at radius 1 is 1.38 bits per heavy atom. The molecule has 0 unspecified atom stereocenters. The first-order valence-corrected chi connectivity index (χ1v) is 5.16. The number of carbonyl (C=O) groups is 2. The molecule has 1 saturated heterocycles. The summed E-state index contributed by atoms with van der Waals surface area (Å²) in [4.78, 5) is 24.4. The molecule has 1 aromatic rings. The first-order valence-electron chi connectivity index (χ1n) is 5.16. The van der Waals surface area contributed by atoms with Gasteiger partial charge in [0.25, 0.3) is 5.91 Å². The van der Waals surface area contributed by atoms with Gasteiger partial charge in [-0.05, 0) is 12.8 Å². The fourth-order valence-electron chi connectivity index (χ4n) is 1.85. The van der Waals surface area contributed by atoms with Gasteiger partial charge in [0.05, 0.1) is 0 Å². The summed E-state index contributed by atoms with van der Waals surface area (Å²) in [6.07, 6.45) is 2.02. The number of aromatic nitrogens is 2. The van der Waals surface area contributed by atoms with Gasteiger partial charge in [0, 0.05) is 26.2 Å². The molecule has 2 rings (SSSR count). The minimum atomic E-state index is -1.11. The molecule has 1 aliphatic heterocycles. The molecule has 1 aromatic heterocycles. The van der Waals surface area contributed by atoms with Gasteiger partial charge >= 0.3 is 5.97 Å². The van der Waals surface area contributed by atoms with Gasteiger partial charge in [-0.1, -0.05) is 0 Å². The highest BCUT2D eigenvalue weighted by molar-refractivity contribution is 5.95. The number of amides is 1. The molecular formula is C10H13N3O3. The van der Waals surface area contributed by atoms with Crippen molar-refractivity contribution in [2.24, 2.45) is 7.05 Å². The van der Waals surface area contributed by atoms with Crippen molar-refractivity contribution in [3.05, 3.63) is 17.5 Å². The lowest BCUT2D eigenvalue weighted by molar-refractivity contribution is 0.0689. The van der Waals surface area contributed by atoms with Crippen molar-refractivity contribution in [3.8, 4) is 0 Å². The maximum Gasteiger partial charge on any atom is 0.356 e. The van der Waals surface area contributed by atoms with Crippen molar-refractivity contribution < 1.29 is 14.7 Å². The van der Waals surface area contributed by atoms with E-state index in [1.807, 2.05) is 0 Å². The Hall–Kier alpha value is -1.85. The summed E-state index contributed by atoms with van der Waals surface area (Å²) in [7, 11) is 1.58. The van der Waals surface area contributed by atoms with Gasteiger partial charge in [0.2, 0.25) is 0 Å². The molecule has 86 valence electrons. The van der Waals surface area contributed by atoms with E-state index in [2.05, 4.69) is 5.10 Å². The summed E-state index contributed by atoms with van der Waals surface area (Å²) in [6.45, 7) is 1.48. The van der Waals surface area contributed by atoms with Gasteiger partial charge in [0.15, 0.2) is 5.69 Å². The van der Waals surface area contributed by atoms with Crippen LogP contribution in [0, 0.1) is 0 Å². The monoisotopic (exact) mass is 223 g/mol. The molecule has 16 heavy (non-hydrogen) atoms. The van der Waals surface area contributed by atoms with Gasteiger partial charge < -0.3 is 10.0 Å². The molecular weight excluding hydrogens is 210 g/mol. The van der Waals surface area contributed by atoms with Gasteiger partial charge in [-0.25, -0.2) is 4.79 Å². The average molecular weight is 223 g/mol. The fourth-order valence-corrected chi connectivity index (χ4v) is 1.85. The Kier molecular flexibility index (Phi) is 2.64. The van der Waals surface area contributed by atoms with Crippen LogP contribution in [0.1, 0.15) is 33.8 Å². The molecule has 0 aromatic carbocycles. The molecule has 6 heteroatoms. The Morgan fingerprint density at radius 3 is 2.50 bits per heavy atom. The number of rotatable bonds is 2. The Morgan fingerprint density at radius 2 is 2.00 bits per heavy atom. The molecule has 0 aliphatic carbocycles. The zero-order valence-corrected chi connectivity index (χ0v) is 9.01. The average Bonchev–Trinajstić information content (AvgIpc) is 2.84. The number of hydrogen-bond acceptors (Lipinski definition) is 3. The Balaban J connectivity index is 2.25. The first-order chi connectivity index (χ1) is 7.59. The molecule has 0 spiro atoms. The minimum Gasteiger partial charge on any atom is -0.476 e. The van der Waals surface area contributed by atoms with Crippen LogP contribution >= 0.6 is 0 Å². The van der Waals surface area contributed by atoms with Gasteiger partial charge in [-0.15, -0.1) is 0 Å². The molecule has 0 atom stereocenters. The molecule has 1 fully saturated rings. The predicted octanol–water partition coefficient (Wildman–Crippen LogP) is 0.354. The molecule has 1 N–H and O–H groups in total. The SMILES string of the molecule is Cn1nc(C(=O)O)cc1C(=O)N1CCCC1. The van der Waals surface area contributed by atoms with E-state index in [1.54, 1.807) is 11.9 Å². The van der Waals surface area contributed by atoms with Crippen LogP contribution in [0.15, 0.2) is 6.07 Å². The Bertz CT molecular complexity index is 433. The van der Waals surface area contributed by atoms with Crippen molar-refractivity contribution >= 4 is 11.9 Å². The summed E-state index contributed by atoms with van der Waals surface area (Å²) in [5.41, 5.74) is 0.240. The van der Waals surface area contributed by atoms with Crippen LogP contribution in [-0.4, -0.2) is 44.8 Å². The highest BCUT2D eigenvalue weighted by Crippen LogP contribution is 2.13. The number of carbonyl (C=O) groups excluding carboxylic acids is 1. The van der Waals surface area contributed by atoms with Crippen LogP contribution in [0.4, 0.5) is 0 Å². The van der Waals surface area contributed by atoms with E-state index in [0.29, 0.717) is 5.69 Å². The molecule has 0 bridgehead atoms. The van der Waals surface area contributed by atoms with Crippen molar-refractivity contribution in [2.75, 3.05) is 13.1 Å². The second kappa shape index (κ2) is 3.96. The van der Waals surface area contributed by atoms with E-state index in [-0.39, 0.29) is 11.6 Å². The van der Waals surface area contributed by atoms with E-state index >= 15 is 0 Å². The van der Waals surface area contributed by atoms with Crippen molar-refractivity contribution in [3.63, 3.8) is 0 Å². The summed E-state index contributed by atoms with van der Waals surface area (Å²) in [5, 5.41) is 12.5. The largest absolute Gasteiger partial charge is 0.476 e. The number of aromatic carboxylic acids is 1. The predicted molar refractivity (Wildman–Crippen MR) is 55.3 cm³/mol. The zero-order valence-electron chi connectivity index (χ0n) is 9.01. The second-order valence-electron chi connectivity index (χ2n) is 3.84. The van der Waals surface area contributed by atoms with E-state index in [0.717, 1.165) is 25.9 Å². The third-order valence-electron chi connectivity index (χ3n) is 2.71. The third kappa shape index (κ3) is 1.78. The molecule has 1 aliphatic rings. The maximum atomic E-state index is 12.0. The van der Waals surface area contributed by atoms with Crippen molar-refractivity contribution in [2.45, 2.75) is 12.8 Å². The quantitative estimate of drug-likeness (QED) is 0.785. The molecule has 1 amide bonds. The van der Waals surface area contributed by atoms with Gasteiger partial charge in [-0.2, -0.15) is 5.10 Å². The highest BCUT2D eigenvalue weighted by Gasteiger charge is 2.23. The van der Waals surface area contributed by atoms with Crippen LogP contribution in [0.3, 0.4) is 0 Å². The van der Waals surface area contributed by atoms with Gasteiger partial charge in [0.1, 0.15) is 5.69 Å². The lowest BCUT2D eigenvalue weighted by atomic mass is 10.3. The Labute approximate surface area is 92.5 Å². The smallest absolute Gasteiger partial charge is 0.356 e. The number of carboxylic acids is 1. The number of aryl methyl sites for hydroxylation is 1. The zero-order chi connectivity index (χ0) is 11.7.